The molecule has 2 aromatic heterocycles. The highest BCUT2D eigenvalue weighted by molar-refractivity contribution is 7.46. The first kappa shape index (κ1) is 35.1. The van der Waals surface area contributed by atoms with E-state index in [4.69, 9.17) is 33.8 Å². The molecule has 2 heterocycles. The molecule has 0 radical (unpaired) electrons. The van der Waals surface area contributed by atoms with Crippen molar-refractivity contribution in [1.82, 2.24) is 0 Å². The molecule has 0 fully saturated rings. The lowest BCUT2D eigenvalue weighted by Crippen LogP contribution is -2.21. The van der Waals surface area contributed by atoms with Crippen LogP contribution in [0.15, 0.2) is 30.3 Å². The Hall–Kier alpha value is -3.35. The number of aliphatic carboxylic acids is 1. The summed E-state index contributed by atoms with van der Waals surface area (Å²) in [5.41, 5.74) is -0.542. The number of carboxylic acids is 1. The van der Waals surface area contributed by atoms with Gasteiger partial charge in [0, 0.05) is 33.3 Å². The Bertz CT molecular complexity index is 1630. The Morgan fingerprint density at radius 2 is 1.61 bits per heavy atom. The number of ketones is 1. The fourth-order valence-corrected chi connectivity index (χ4v) is 6.14. The van der Waals surface area contributed by atoms with Crippen molar-refractivity contribution in [3.63, 3.8) is 0 Å². The number of carbonyl (C=O) groups excluding carboxylic acids is 2. The molecule has 0 unspecified atom stereocenters. The number of carboxylic acid groups (broad SMARTS) is 1. The maximum atomic E-state index is 15.0. The summed E-state index contributed by atoms with van der Waals surface area (Å²) >= 11 is 2.41. The smallest absolute Gasteiger partial charge is 0.309 e. The number of fused-ring (bicyclic) bond motifs is 2. The maximum Gasteiger partial charge on any atom is 0.309 e. The number of benzene rings is 2. The molecule has 0 aliphatic carbocycles. The molecule has 0 aliphatic rings. The quantitative estimate of drug-likeness (QED) is 0.0560. The lowest BCUT2D eigenvalue weighted by Gasteiger charge is -2.14. The molecule has 0 saturated carbocycles. The highest BCUT2D eigenvalue weighted by atomic mass is 32.1. The van der Waals surface area contributed by atoms with Crippen LogP contribution in [-0.4, -0.2) is 66.5 Å². The van der Waals surface area contributed by atoms with Gasteiger partial charge in [-0.2, -0.15) is 0 Å². The van der Waals surface area contributed by atoms with Crippen molar-refractivity contribution < 1.29 is 52.6 Å². The van der Waals surface area contributed by atoms with Crippen LogP contribution in [0.25, 0.3) is 20.2 Å². The van der Waals surface area contributed by atoms with Crippen molar-refractivity contribution in [2.45, 2.75) is 33.6 Å². The summed E-state index contributed by atoms with van der Waals surface area (Å²) in [5.74, 6) is -0.471. The number of methoxy groups -OCH3 is 2. The van der Waals surface area contributed by atoms with Crippen LogP contribution in [-0.2, 0) is 4.79 Å². The van der Waals surface area contributed by atoms with Gasteiger partial charge >= 0.3 is 5.97 Å². The van der Waals surface area contributed by atoms with Crippen molar-refractivity contribution in [3.8, 4) is 23.0 Å². The van der Waals surface area contributed by atoms with Crippen molar-refractivity contribution in [1.29, 1.82) is 0 Å². The lowest BCUT2D eigenvalue weighted by atomic mass is 9.91. The van der Waals surface area contributed by atoms with Gasteiger partial charge in [-0.15, -0.1) is 22.7 Å². The second-order valence-electron chi connectivity index (χ2n) is 10.1. The third kappa shape index (κ3) is 8.64. The van der Waals surface area contributed by atoms with E-state index in [0.717, 1.165) is 10.1 Å². The number of rotatable bonds is 14. The zero-order chi connectivity index (χ0) is 32.6. The minimum Gasteiger partial charge on any atom is -0.493 e. The normalized spacial score (nSPS) is 11.3. The minimum atomic E-state index is -2.30. The Balaban J connectivity index is 0.000000583. The predicted octanol–water partition coefficient (Wildman–Crippen LogP) is 6.92. The number of Topliss-reactive ketones (excluding diaryl/α,β-unsaturated/α-hetero) is 1. The van der Waals surface area contributed by atoms with Gasteiger partial charge in [0.05, 0.1) is 48.8 Å². The summed E-state index contributed by atoms with van der Waals surface area (Å²) in [7, 11) is 0.627. The summed E-state index contributed by atoms with van der Waals surface area (Å²) < 4.78 is 38.6. The molecule has 0 aliphatic heterocycles. The number of halogens is 1. The first-order chi connectivity index (χ1) is 20.8. The monoisotopic (exact) mass is 668 g/mol. The largest absolute Gasteiger partial charge is 0.493 e. The number of ether oxygens (including phenoxy) is 4. The van der Waals surface area contributed by atoms with Crippen LogP contribution in [0.1, 0.15) is 53.0 Å². The van der Waals surface area contributed by atoms with E-state index in [0.29, 0.717) is 50.5 Å². The molecule has 44 heavy (non-hydrogen) atoms. The zero-order valence-corrected chi connectivity index (χ0v) is 27.4. The fourth-order valence-electron chi connectivity index (χ4n) is 3.69. The molecule has 3 N–H and O–H groups in total. The van der Waals surface area contributed by atoms with Crippen molar-refractivity contribution in [3.05, 3.63) is 45.9 Å². The third-order valence-corrected chi connectivity index (χ3v) is 9.37. The molecule has 0 atom stereocenters. The van der Waals surface area contributed by atoms with Gasteiger partial charge in [-0.3, -0.25) is 14.4 Å². The number of carbonyl (C=O) groups is 3. The second-order valence-corrected chi connectivity index (χ2v) is 13.4. The molecule has 10 nitrogen and oxygen atoms in total. The molecule has 0 amide bonds. The van der Waals surface area contributed by atoms with E-state index in [1.807, 2.05) is 6.92 Å². The van der Waals surface area contributed by atoms with E-state index in [1.54, 1.807) is 38.1 Å². The topological polar surface area (TPSA) is 149 Å². The lowest BCUT2D eigenvalue weighted by molar-refractivity contribution is -0.147. The highest BCUT2D eigenvalue weighted by Crippen LogP contribution is 2.40. The van der Waals surface area contributed by atoms with Crippen molar-refractivity contribution in [2.75, 3.05) is 33.6 Å². The zero-order valence-electron chi connectivity index (χ0n) is 24.8. The Kier molecular flexibility index (Phi) is 12.4. The Labute approximate surface area is 262 Å². The maximum absolute atomic E-state index is 15.0. The molecular weight excluding hydrogens is 634 g/mol. The van der Waals surface area contributed by atoms with E-state index < -0.39 is 25.6 Å². The summed E-state index contributed by atoms with van der Waals surface area (Å²) in [6.07, 6.45) is 1.47. The van der Waals surface area contributed by atoms with Crippen LogP contribution >= 0.6 is 31.0 Å². The van der Waals surface area contributed by atoms with Crippen LogP contribution in [0.2, 0.25) is 0 Å². The van der Waals surface area contributed by atoms with Crippen LogP contribution in [0.5, 0.6) is 23.0 Å². The summed E-state index contributed by atoms with van der Waals surface area (Å²) in [5, 5.41) is 9.51. The first-order valence-electron chi connectivity index (χ1n) is 13.4. The minimum absolute atomic E-state index is 0.0239. The van der Waals surface area contributed by atoms with Gasteiger partial charge in [0.15, 0.2) is 49.3 Å². The fraction of sp³-hybridized carbons (Fsp3) is 0.367. The molecule has 238 valence electrons. The Morgan fingerprint density at radius 1 is 0.955 bits per heavy atom. The molecule has 0 bridgehead atoms. The average molecular weight is 669 g/mol. The van der Waals surface area contributed by atoms with Crippen LogP contribution in [0.3, 0.4) is 0 Å². The second kappa shape index (κ2) is 15.6. The molecule has 4 rings (SSSR count). The molecular formula is C30H34FO10PS2. The van der Waals surface area contributed by atoms with Gasteiger partial charge in [-0.1, -0.05) is 6.92 Å². The molecule has 2 aromatic carbocycles. The molecule has 0 saturated heterocycles. The van der Waals surface area contributed by atoms with Crippen molar-refractivity contribution >= 4 is 69.3 Å². The number of aldehydes is 1. The number of hydrogen-bond acceptors (Lipinski definition) is 11. The SMILES string of the molecule is CCC(C)(C)C(=O)O.COc1cc2sc(C(=O)CP(O)O)cc2cc1OCCCOc1c(OC)cc2sc(C=O)cc2c1F. The first-order valence-corrected chi connectivity index (χ1v) is 16.5. The average Bonchev–Trinajstić information content (AvgIpc) is 3.61. The van der Waals surface area contributed by atoms with Gasteiger partial charge in [-0.25, -0.2) is 4.39 Å². The van der Waals surface area contributed by atoms with Gasteiger partial charge in [0.25, 0.3) is 0 Å². The van der Waals surface area contributed by atoms with E-state index in [1.165, 1.54) is 43.0 Å². The van der Waals surface area contributed by atoms with Gasteiger partial charge in [0.1, 0.15) is 0 Å². The predicted molar refractivity (Wildman–Crippen MR) is 170 cm³/mol. The van der Waals surface area contributed by atoms with E-state index in [-0.39, 0.29) is 36.7 Å². The van der Waals surface area contributed by atoms with Gasteiger partial charge in [0.2, 0.25) is 0 Å². The standard InChI is InChI=1S/C24H22FO8PS2.C6H12O2/c1-30-17-9-20-13(7-22(36-20)16(27)12-34(28)29)6-18(17)32-4-3-5-33-24-19(31-2)10-21-15(23(24)25)8-14(11-26)35-21;1-4-6(2,3)5(7)8/h6-11,28-29H,3-5,12H2,1-2H3;4H2,1-3H3,(H,7,8). The summed E-state index contributed by atoms with van der Waals surface area (Å²) in [6.45, 7) is 5.70. The molecule has 0 spiro atoms. The van der Waals surface area contributed by atoms with Crippen LogP contribution < -0.4 is 18.9 Å². The van der Waals surface area contributed by atoms with E-state index in [9.17, 15) is 14.4 Å². The third-order valence-electron chi connectivity index (χ3n) is 6.66. The molecule has 4 aromatic rings. The summed E-state index contributed by atoms with van der Waals surface area (Å²) in [4.78, 5) is 52.5. The van der Waals surface area contributed by atoms with Crippen molar-refractivity contribution in [2.24, 2.45) is 5.41 Å². The van der Waals surface area contributed by atoms with E-state index >= 15 is 4.39 Å². The summed E-state index contributed by atoms with van der Waals surface area (Å²) in [6, 6.07) is 8.32. The van der Waals surface area contributed by atoms with E-state index in [2.05, 4.69) is 0 Å². The number of hydrogen-bond donors (Lipinski definition) is 3. The van der Waals surface area contributed by atoms with Gasteiger partial charge in [-0.05, 0) is 43.9 Å². The van der Waals surface area contributed by atoms with Crippen LogP contribution in [0.4, 0.5) is 4.39 Å². The highest BCUT2D eigenvalue weighted by Gasteiger charge is 2.23. The molecule has 14 heteroatoms. The van der Waals surface area contributed by atoms with Gasteiger partial charge < -0.3 is 33.8 Å². The number of thiophene rings is 2. The van der Waals surface area contributed by atoms with Crippen LogP contribution in [0, 0.1) is 11.2 Å². The Morgan fingerprint density at radius 3 is 2.18 bits per heavy atom.